The monoisotopic (exact) mass is 221 g/mol. The molecule has 0 fully saturated rings. The Balaban J connectivity index is 2.83. The third-order valence-electron chi connectivity index (χ3n) is 1.89. The third-order valence-corrected chi connectivity index (χ3v) is 2.25. The summed E-state index contributed by atoms with van der Waals surface area (Å²) < 4.78 is 23.8. The van der Waals surface area contributed by atoms with Crippen molar-refractivity contribution in [2.45, 2.75) is 20.3 Å². The van der Waals surface area contributed by atoms with Crippen molar-refractivity contribution < 1.29 is 8.78 Å². The van der Waals surface area contributed by atoms with Gasteiger partial charge in [-0.2, -0.15) is 0 Å². The van der Waals surface area contributed by atoms with E-state index >= 15 is 0 Å². The highest BCUT2D eigenvalue weighted by molar-refractivity contribution is 6.30. The summed E-state index contributed by atoms with van der Waals surface area (Å²) in [6, 6.07) is 0. The van der Waals surface area contributed by atoms with Gasteiger partial charge in [-0.05, 0) is 25.0 Å². The van der Waals surface area contributed by atoms with Crippen molar-refractivity contribution in [3.63, 3.8) is 0 Å². The summed E-state index contributed by atoms with van der Waals surface area (Å²) in [4.78, 5) is 0. The van der Waals surface area contributed by atoms with Gasteiger partial charge in [-0.1, -0.05) is 11.6 Å². The molecule has 0 spiro atoms. The van der Waals surface area contributed by atoms with Crippen LogP contribution in [0.4, 0.5) is 14.6 Å². The molecule has 78 valence electrons. The largest absolute Gasteiger partial charge is 0.363 e. The summed E-state index contributed by atoms with van der Waals surface area (Å²) >= 11 is 5.70. The van der Waals surface area contributed by atoms with Crippen LogP contribution in [0.15, 0.2) is 0 Å². The average molecular weight is 222 g/mol. The fraction of sp³-hybridized carbons (Fsp3) is 0.500. The molecule has 0 aliphatic carbocycles. The molecule has 0 aromatic carbocycles. The molecular weight excluding hydrogens is 212 g/mol. The van der Waals surface area contributed by atoms with E-state index < -0.39 is 13.0 Å². The van der Waals surface area contributed by atoms with Crippen LogP contribution in [0.2, 0.25) is 5.15 Å². The van der Waals surface area contributed by atoms with Gasteiger partial charge < -0.3 is 5.32 Å². The Labute approximate surface area is 85.5 Å². The van der Waals surface area contributed by atoms with Crippen LogP contribution in [0.1, 0.15) is 11.1 Å². The first-order valence-corrected chi connectivity index (χ1v) is 4.41. The van der Waals surface area contributed by atoms with E-state index in [9.17, 15) is 8.78 Å². The Morgan fingerprint density at radius 1 is 1.29 bits per heavy atom. The van der Waals surface area contributed by atoms with Crippen molar-refractivity contribution in [1.29, 1.82) is 0 Å². The number of halogens is 3. The molecule has 1 aromatic rings. The van der Waals surface area contributed by atoms with Gasteiger partial charge in [0.05, 0.1) is 6.54 Å². The number of hydrogen-bond donors (Lipinski definition) is 1. The van der Waals surface area contributed by atoms with Crippen molar-refractivity contribution in [1.82, 2.24) is 10.2 Å². The minimum Gasteiger partial charge on any atom is -0.363 e. The molecule has 0 atom stereocenters. The first-order chi connectivity index (χ1) is 6.52. The Bertz CT molecular complexity index is 331. The number of hydrogen-bond acceptors (Lipinski definition) is 3. The smallest absolute Gasteiger partial charge is 0.255 e. The number of rotatable bonds is 3. The van der Waals surface area contributed by atoms with Crippen LogP contribution >= 0.6 is 11.6 Å². The molecule has 0 aliphatic rings. The van der Waals surface area contributed by atoms with Gasteiger partial charge in [0.15, 0.2) is 11.0 Å². The zero-order valence-electron chi connectivity index (χ0n) is 7.81. The molecule has 3 nitrogen and oxygen atoms in total. The van der Waals surface area contributed by atoms with Gasteiger partial charge >= 0.3 is 0 Å². The summed E-state index contributed by atoms with van der Waals surface area (Å²) in [6.07, 6.45) is -2.41. The van der Waals surface area contributed by atoms with Crippen LogP contribution in [0.3, 0.4) is 0 Å². The maximum atomic E-state index is 11.9. The molecule has 14 heavy (non-hydrogen) atoms. The maximum Gasteiger partial charge on any atom is 0.255 e. The van der Waals surface area contributed by atoms with Gasteiger partial charge in [0.25, 0.3) is 6.43 Å². The first-order valence-electron chi connectivity index (χ1n) is 4.03. The van der Waals surface area contributed by atoms with Gasteiger partial charge in [0.1, 0.15) is 0 Å². The molecule has 6 heteroatoms. The second-order valence-corrected chi connectivity index (χ2v) is 3.22. The molecule has 0 bridgehead atoms. The summed E-state index contributed by atoms with van der Waals surface area (Å²) in [7, 11) is 0. The maximum absolute atomic E-state index is 11.9. The molecular formula is C8H10ClF2N3. The van der Waals surface area contributed by atoms with E-state index in [1.54, 1.807) is 13.8 Å². The fourth-order valence-corrected chi connectivity index (χ4v) is 1.10. The van der Waals surface area contributed by atoms with Crippen LogP contribution in [0.25, 0.3) is 0 Å². The van der Waals surface area contributed by atoms with E-state index in [2.05, 4.69) is 15.5 Å². The van der Waals surface area contributed by atoms with Crippen LogP contribution in [0.5, 0.6) is 0 Å². The molecule has 0 unspecified atom stereocenters. The number of alkyl halides is 2. The van der Waals surface area contributed by atoms with E-state index in [0.717, 1.165) is 11.1 Å². The van der Waals surface area contributed by atoms with Gasteiger partial charge in [0, 0.05) is 0 Å². The fourth-order valence-electron chi connectivity index (χ4n) is 0.918. The van der Waals surface area contributed by atoms with Crippen molar-refractivity contribution in [2.24, 2.45) is 0 Å². The Kier molecular flexibility index (Phi) is 3.57. The van der Waals surface area contributed by atoms with Gasteiger partial charge in [-0.3, -0.25) is 0 Å². The van der Waals surface area contributed by atoms with Crippen molar-refractivity contribution in [3.05, 3.63) is 16.3 Å². The van der Waals surface area contributed by atoms with Crippen molar-refractivity contribution >= 4 is 17.4 Å². The van der Waals surface area contributed by atoms with E-state index in [1.807, 2.05) is 0 Å². The predicted octanol–water partition coefficient (Wildman–Crippen LogP) is 2.42. The van der Waals surface area contributed by atoms with Gasteiger partial charge in [0.2, 0.25) is 0 Å². The highest BCUT2D eigenvalue weighted by Crippen LogP contribution is 2.20. The Morgan fingerprint density at radius 3 is 2.50 bits per heavy atom. The predicted molar refractivity (Wildman–Crippen MR) is 51.0 cm³/mol. The molecule has 1 rings (SSSR count). The minimum atomic E-state index is -2.41. The molecule has 1 N–H and O–H groups in total. The van der Waals surface area contributed by atoms with Crippen molar-refractivity contribution in [2.75, 3.05) is 11.9 Å². The lowest BCUT2D eigenvalue weighted by Crippen LogP contribution is -2.13. The third kappa shape index (κ3) is 2.51. The lowest BCUT2D eigenvalue weighted by atomic mass is 10.2. The number of nitrogens with zero attached hydrogens (tertiary/aromatic N) is 2. The SMILES string of the molecule is Cc1c(Cl)nnc(NCC(F)F)c1C. The Hall–Kier alpha value is -0.970. The zero-order chi connectivity index (χ0) is 10.7. The van der Waals surface area contributed by atoms with E-state index in [4.69, 9.17) is 11.6 Å². The zero-order valence-corrected chi connectivity index (χ0v) is 8.57. The topological polar surface area (TPSA) is 37.8 Å². The second-order valence-electron chi connectivity index (χ2n) is 2.86. The molecule has 1 heterocycles. The van der Waals surface area contributed by atoms with Crippen LogP contribution in [0, 0.1) is 13.8 Å². The first kappa shape index (κ1) is 11.1. The highest BCUT2D eigenvalue weighted by atomic mass is 35.5. The standard InChI is InChI=1S/C8H10ClF2N3/c1-4-5(2)8(12-3-6(10)11)14-13-7(4)9/h6H,3H2,1-2H3,(H,12,14). The van der Waals surface area contributed by atoms with Crippen molar-refractivity contribution in [3.8, 4) is 0 Å². The average Bonchev–Trinajstić information content (AvgIpc) is 2.13. The summed E-state index contributed by atoms with van der Waals surface area (Å²) in [5.74, 6) is 0.354. The van der Waals surface area contributed by atoms with Gasteiger partial charge in [-0.15, -0.1) is 10.2 Å². The van der Waals surface area contributed by atoms with Crippen LogP contribution < -0.4 is 5.32 Å². The van der Waals surface area contributed by atoms with Gasteiger partial charge in [-0.25, -0.2) is 8.78 Å². The molecule has 0 radical (unpaired) electrons. The van der Waals surface area contributed by atoms with Crippen LogP contribution in [-0.2, 0) is 0 Å². The minimum absolute atomic E-state index is 0.296. The van der Waals surface area contributed by atoms with E-state index in [1.165, 1.54) is 0 Å². The molecule has 0 saturated heterocycles. The van der Waals surface area contributed by atoms with Crippen LogP contribution in [-0.4, -0.2) is 23.2 Å². The molecule has 1 aromatic heterocycles. The number of anilines is 1. The summed E-state index contributed by atoms with van der Waals surface area (Å²) in [6.45, 7) is 3.08. The quantitative estimate of drug-likeness (QED) is 0.852. The number of aromatic nitrogens is 2. The van der Waals surface area contributed by atoms with E-state index in [-0.39, 0.29) is 0 Å². The normalized spacial score (nSPS) is 10.7. The molecule has 0 amide bonds. The molecule has 0 aliphatic heterocycles. The Morgan fingerprint density at radius 2 is 1.93 bits per heavy atom. The van der Waals surface area contributed by atoms with E-state index in [0.29, 0.717) is 11.0 Å². The summed E-state index contributed by atoms with van der Waals surface area (Å²) in [5, 5.41) is 10.1. The lowest BCUT2D eigenvalue weighted by Gasteiger charge is -2.09. The highest BCUT2D eigenvalue weighted by Gasteiger charge is 2.09. The molecule has 0 saturated carbocycles. The second kappa shape index (κ2) is 4.50. The summed E-state index contributed by atoms with van der Waals surface area (Å²) in [5.41, 5.74) is 1.49. The number of nitrogens with one attached hydrogen (secondary N) is 1. The lowest BCUT2D eigenvalue weighted by molar-refractivity contribution is 0.163.